The highest BCUT2D eigenvalue weighted by molar-refractivity contribution is 9.10. The zero-order valence-corrected chi connectivity index (χ0v) is 16.7. The highest BCUT2D eigenvalue weighted by atomic mass is 79.9. The first-order valence-electron chi connectivity index (χ1n) is 7.31. The van der Waals surface area contributed by atoms with E-state index in [1.165, 1.54) is 25.3 Å². The van der Waals surface area contributed by atoms with E-state index in [0.29, 0.717) is 4.47 Å². The predicted octanol–water partition coefficient (Wildman–Crippen LogP) is 4.07. The second-order valence-electron chi connectivity index (χ2n) is 5.27. The SMILES string of the molecule is CCS(=O)(=O)c1cc(Br)cnc1-c1nc2cc(S(=O)C(F)(F)F)ccc2o1. The number of sulfone groups is 1. The van der Waals surface area contributed by atoms with Gasteiger partial charge in [-0.05, 0) is 40.2 Å². The molecule has 0 radical (unpaired) electrons. The molecule has 0 aliphatic heterocycles. The number of pyridine rings is 1. The van der Waals surface area contributed by atoms with Crippen molar-refractivity contribution in [2.24, 2.45) is 0 Å². The summed E-state index contributed by atoms with van der Waals surface area (Å²) in [6, 6.07) is 4.54. The molecule has 0 aliphatic carbocycles. The fourth-order valence-electron chi connectivity index (χ4n) is 2.23. The maximum atomic E-state index is 12.6. The second kappa shape index (κ2) is 6.99. The third-order valence-corrected chi connectivity index (χ3v) is 6.80. The lowest BCUT2D eigenvalue weighted by Gasteiger charge is -2.06. The number of benzene rings is 1. The number of rotatable bonds is 4. The monoisotopic (exact) mass is 482 g/mol. The van der Waals surface area contributed by atoms with Gasteiger partial charge in [-0.1, -0.05) is 6.92 Å². The third-order valence-electron chi connectivity index (χ3n) is 3.52. The third kappa shape index (κ3) is 3.92. The number of hydrogen-bond donors (Lipinski definition) is 0. The molecule has 3 aromatic rings. The van der Waals surface area contributed by atoms with Crippen LogP contribution in [0.4, 0.5) is 13.2 Å². The molecule has 2 aromatic heterocycles. The quantitative estimate of drug-likeness (QED) is 0.556. The maximum absolute atomic E-state index is 12.6. The van der Waals surface area contributed by atoms with E-state index in [1.54, 1.807) is 0 Å². The van der Waals surface area contributed by atoms with Crippen molar-refractivity contribution in [2.45, 2.75) is 22.2 Å². The van der Waals surface area contributed by atoms with Crippen LogP contribution in [0, 0.1) is 0 Å². The number of aromatic nitrogens is 2. The Labute approximate surface area is 162 Å². The van der Waals surface area contributed by atoms with E-state index in [4.69, 9.17) is 4.42 Å². The Hall–Kier alpha value is -1.79. The molecule has 0 saturated carbocycles. The summed E-state index contributed by atoms with van der Waals surface area (Å²) >= 11 is 3.15. The molecule has 0 bridgehead atoms. The van der Waals surface area contributed by atoms with Gasteiger partial charge < -0.3 is 4.42 Å². The molecule has 0 fully saturated rings. The number of halogens is 4. The molecule has 3 rings (SSSR count). The van der Waals surface area contributed by atoms with Crippen LogP contribution in [-0.4, -0.2) is 33.9 Å². The molecule has 1 unspecified atom stereocenters. The molecule has 27 heavy (non-hydrogen) atoms. The van der Waals surface area contributed by atoms with Gasteiger partial charge in [-0.3, -0.25) is 0 Å². The standard InChI is InChI=1S/C15H10BrF3N2O4S2/c1-2-27(23,24)12-5-8(16)7-20-13(12)14-21-10-6-9(3-4-11(10)25-14)26(22)15(17,18)19/h3-7H,2H2,1H3. The summed E-state index contributed by atoms with van der Waals surface area (Å²) in [6.45, 7) is 1.46. The smallest absolute Gasteiger partial charge is 0.435 e. The number of alkyl halides is 3. The molecule has 1 atom stereocenters. The van der Waals surface area contributed by atoms with Crippen molar-refractivity contribution in [3.63, 3.8) is 0 Å². The van der Waals surface area contributed by atoms with Gasteiger partial charge in [0.05, 0.1) is 15.5 Å². The van der Waals surface area contributed by atoms with Gasteiger partial charge in [-0.15, -0.1) is 0 Å². The van der Waals surface area contributed by atoms with Crippen molar-refractivity contribution in [2.75, 3.05) is 5.75 Å². The Balaban J connectivity index is 2.16. The minimum absolute atomic E-state index is 0.00432. The molecule has 0 spiro atoms. The van der Waals surface area contributed by atoms with E-state index in [1.807, 2.05) is 0 Å². The number of nitrogens with zero attached hydrogens (tertiary/aromatic N) is 2. The summed E-state index contributed by atoms with van der Waals surface area (Å²) in [5.74, 6) is -0.355. The van der Waals surface area contributed by atoms with Crippen LogP contribution in [-0.2, 0) is 20.6 Å². The lowest BCUT2D eigenvalue weighted by atomic mass is 10.3. The van der Waals surface area contributed by atoms with E-state index in [9.17, 15) is 25.8 Å². The molecular weight excluding hydrogens is 473 g/mol. The molecule has 12 heteroatoms. The van der Waals surface area contributed by atoms with Crippen LogP contribution in [0.25, 0.3) is 22.7 Å². The molecule has 0 N–H and O–H groups in total. The van der Waals surface area contributed by atoms with Crippen LogP contribution in [0.5, 0.6) is 0 Å². The predicted molar refractivity (Wildman–Crippen MR) is 95.1 cm³/mol. The van der Waals surface area contributed by atoms with Crippen molar-refractivity contribution in [1.29, 1.82) is 0 Å². The molecule has 0 saturated heterocycles. The van der Waals surface area contributed by atoms with Crippen LogP contribution in [0.15, 0.2) is 49.1 Å². The van der Waals surface area contributed by atoms with Crippen LogP contribution in [0.3, 0.4) is 0 Å². The van der Waals surface area contributed by atoms with E-state index >= 15 is 0 Å². The summed E-state index contributed by atoms with van der Waals surface area (Å²) in [6.07, 6.45) is 1.35. The van der Waals surface area contributed by atoms with Crippen molar-refractivity contribution >= 4 is 47.7 Å². The average Bonchev–Trinajstić information content (AvgIpc) is 3.03. The van der Waals surface area contributed by atoms with Crippen molar-refractivity contribution < 1.29 is 30.2 Å². The number of oxazole rings is 1. The Bertz CT molecular complexity index is 1160. The Morgan fingerprint density at radius 2 is 1.96 bits per heavy atom. The largest absolute Gasteiger partial charge is 0.475 e. The lowest BCUT2D eigenvalue weighted by Crippen LogP contribution is -2.16. The first-order chi connectivity index (χ1) is 12.5. The molecule has 0 amide bonds. The van der Waals surface area contributed by atoms with Crippen LogP contribution < -0.4 is 0 Å². The number of fused-ring (bicyclic) bond motifs is 1. The van der Waals surface area contributed by atoms with E-state index in [0.717, 1.165) is 12.1 Å². The van der Waals surface area contributed by atoms with Crippen molar-refractivity contribution in [3.05, 3.63) is 34.9 Å². The Morgan fingerprint density at radius 3 is 2.59 bits per heavy atom. The van der Waals surface area contributed by atoms with Gasteiger partial charge in [0.1, 0.15) is 11.2 Å². The minimum Gasteiger partial charge on any atom is -0.435 e. The van der Waals surface area contributed by atoms with Gasteiger partial charge in [0.2, 0.25) is 5.89 Å². The first-order valence-corrected chi connectivity index (χ1v) is 10.9. The van der Waals surface area contributed by atoms with Crippen LogP contribution >= 0.6 is 15.9 Å². The highest BCUT2D eigenvalue weighted by Crippen LogP contribution is 2.32. The van der Waals surface area contributed by atoms with Gasteiger partial charge in [-0.25, -0.2) is 22.6 Å². The van der Waals surface area contributed by atoms with Crippen LogP contribution in [0.2, 0.25) is 0 Å². The van der Waals surface area contributed by atoms with E-state index in [2.05, 4.69) is 25.9 Å². The van der Waals surface area contributed by atoms with Gasteiger partial charge in [0, 0.05) is 10.7 Å². The van der Waals surface area contributed by atoms with Crippen LogP contribution in [0.1, 0.15) is 6.92 Å². The molecular formula is C15H10BrF3N2O4S2. The van der Waals surface area contributed by atoms with Crippen molar-refractivity contribution in [1.82, 2.24) is 9.97 Å². The first kappa shape index (κ1) is 20.0. The molecule has 6 nitrogen and oxygen atoms in total. The van der Waals surface area contributed by atoms with Crippen molar-refractivity contribution in [3.8, 4) is 11.6 Å². The second-order valence-corrected chi connectivity index (χ2v) is 9.90. The summed E-state index contributed by atoms with van der Waals surface area (Å²) in [7, 11) is -6.88. The van der Waals surface area contributed by atoms with Gasteiger partial charge >= 0.3 is 5.51 Å². The minimum atomic E-state index is -4.91. The Kier molecular flexibility index (Phi) is 5.16. The summed E-state index contributed by atoms with van der Waals surface area (Å²) in [5, 5.41) is 0. The molecule has 2 heterocycles. The zero-order chi connectivity index (χ0) is 20.0. The summed E-state index contributed by atoms with van der Waals surface area (Å²) in [4.78, 5) is 7.46. The zero-order valence-electron chi connectivity index (χ0n) is 13.4. The Morgan fingerprint density at radius 1 is 1.26 bits per heavy atom. The van der Waals surface area contributed by atoms with Gasteiger partial charge in [0.15, 0.2) is 26.2 Å². The number of hydrogen-bond acceptors (Lipinski definition) is 6. The molecule has 144 valence electrons. The van der Waals surface area contributed by atoms with E-state index in [-0.39, 0.29) is 33.3 Å². The van der Waals surface area contributed by atoms with Gasteiger partial charge in [0.25, 0.3) is 0 Å². The average molecular weight is 483 g/mol. The molecule has 0 aliphatic rings. The lowest BCUT2D eigenvalue weighted by molar-refractivity contribution is -0.0384. The fraction of sp³-hybridized carbons (Fsp3) is 0.200. The fourth-order valence-corrected chi connectivity index (χ4v) is 4.44. The normalized spacial score (nSPS) is 13.8. The topological polar surface area (TPSA) is 90.1 Å². The van der Waals surface area contributed by atoms with E-state index < -0.39 is 31.0 Å². The highest BCUT2D eigenvalue weighted by Gasteiger charge is 2.38. The van der Waals surface area contributed by atoms with Gasteiger partial charge in [-0.2, -0.15) is 13.2 Å². The molecule has 1 aromatic carbocycles. The summed E-state index contributed by atoms with van der Waals surface area (Å²) in [5.41, 5.74) is -4.85. The summed E-state index contributed by atoms with van der Waals surface area (Å²) < 4.78 is 79.9. The maximum Gasteiger partial charge on any atom is 0.475 e.